The highest BCUT2D eigenvalue weighted by atomic mass is 16.6. The molecule has 0 saturated carbocycles. The average molecular weight is 300 g/mol. The van der Waals surface area contributed by atoms with Crippen molar-refractivity contribution >= 4 is 5.97 Å². The molecule has 0 bridgehead atoms. The van der Waals surface area contributed by atoms with Crippen LogP contribution in [0.1, 0.15) is 5.56 Å². The van der Waals surface area contributed by atoms with Gasteiger partial charge in [0.15, 0.2) is 17.6 Å². The zero-order chi connectivity index (χ0) is 15.4. The van der Waals surface area contributed by atoms with Crippen LogP contribution in [0.2, 0.25) is 0 Å². The van der Waals surface area contributed by atoms with Gasteiger partial charge in [-0.25, -0.2) is 0 Å². The first-order chi connectivity index (χ1) is 10.7. The van der Waals surface area contributed by atoms with Gasteiger partial charge in [0.2, 0.25) is 0 Å². The van der Waals surface area contributed by atoms with Crippen molar-refractivity contribution < 1.29 is 24.1 Å². The summed E-state index contributed by atoms with van der Waals surface area (Å²) >= 11 is 0. The first-order valence-electron chi connectivity index (χ1n) is 7.03. The van der Waals surface area contributed by atoms with Crippen LogP contribution >= 0.6 is 0 Å². The van der Waals surface area contributed by atoms with E-state index in [2.05, 4.69) is 0 Å². The van der Waals surface area contributed by atoms with Gasteiger partial charge in [0, 0.05) is 0 Å². The summed E-state index contributed by atoms with van der Waals surface area (Å²) in [7, 11) is 0. The quantitative estimate of drug-likeness (QED) is 0.919. The second-order valence-corrected chi connectivity index (χ2v) is 5.03. The molecule has 1 N–H and O–H groups in total. The Balaban J connectivity index is 1.58. The van der Waals surface area contributed by atoms with Crippen LogP contribution in [-0.2, 0) is 11.2 Å². The third-order valence-corrected chi connectivity index (χ3v) is 3.26. The number of aliphatic carboxylic acids is 1. The van der Waals surface area contributed by atoms with Crippen LogP contribution < -0.4 is 14.2 Å². The molecule has 2 aromatic rings. The van der Waals surface area contributed by atoms with Crippen LogP contribution in [0, 0.1) is 0 Å². The number of carbonyl (C=O) groups is 1. The predicted molar refractivity (Wildman–Crippen MR) is 79.6 cm³/mol. The minimum absolute atomic E-state index is 0.0202. The van der Waals surface area contributed by atoms with Crippen molar-refractivity contribution in [1.29, 1.82) is 0 Å². The third-order valence-electron chi connectivity index (χ3n) is 3.26. The molecule has 22 heavy (non-hydrogen) atoms. The molecule has 5 nitrogen and oxygen atoms in total. The van der Waals surface area contributed by atoms with Crippen molar-refractivity contribution in [3.05, 3.63) is 54.1 Å². The van der Waals surface area contributed by atoms with E-state index in [4.69, 9.17) is 19.3 Å². The molecule has 0 spiro atoms. The van der Waals surface area contributed by atoms with Crippen molar-refractivity contribution in [3.63, 3.8) is 0 Å². The highest BCUT2D eigenvalue weighted by Gasteiger charge is 2.21. The summed E-state index contributed by atoms with van der Waals surface area (Å²) in [6, 6.07) is 14.6. The normalized spacial score (nSPS) is 16.1. The van der Waals surface area contributed by atoms with Crippen LogP contribution in [0.15, 0.2) is 48.5 Å². The molecule has 3 rings (SSSR count). The molecular weight excluding hydrogens is 284 g/mol. The van der Waals surface area contributed by atoms with E-state index in [1.54, 1.807) is 24.3 Å². The van der Waals surface area contributed by atoms with Crippen molar-refractivity contribution in [2.75, 3.05) is 13.2 Å². The fourth-order valence-electron chi connectivity index (χ4n) is 2.25. The molecule has 1 aliphatic heterocycles. The highest BCUT2D eigenvalue weighted by molar-refractivity contribution is 5.70. The third kappa shape index (κ3) is 3.49. The van der Waals surface area contributed by atoms with E-state index in [-0.39, 0.29) is 12.5 Å². The maximum atomic E-state index is 10.7. The van der Waals surface area contributed by atoms with Crippen molar-refractivity contribution in [2.45, 2.75) is 12.5 Å². The number of hydrogen-bond acceptors (Lipinski definition) is 4. The Kier molecular flexibility index (Phi) is 4.14. The number of carboxylic acids is 1. The molecule has 1 atom stereocenters. The van der Waals surface area contributed by atoms with Crippen molar-refractivity contribution in [1.82, 2.24) is 0 Å². The first kappa shape index (κ1) is 14.3. The van der Waals surface area contributed by atoms with Gasteiger partial charge in [-0.05, 0) is 29.8 Å². The topological polar surface area (TPSA) is 65.0 Å². The lowest BCUT2D eigenvalue weighted by Crippen LogP contribution is -2.34. The number of benzene rings is 2. The van der Waals surface area contributed by atoms with Gasteiger partial charge in [0.1, 0.15) is 19.0 Å². The fourth-order valence-corrected chi connectivity index (χ4v) is 2.25. The zero-order valence-electron chi connectivity index (χ0n) is 11.9. The molecule has 0 aromatic heterocycles. The Morgan fingerprint density at radius 3 is 2.82 bits per heavy atom. The maximum absolute atomic E-state index is 10.7. The molecule has 114 valence electrons. The number of hydrogen-bond donors (Lipinski definition) is 1. The second kappa shape index (κ2) is 6.39. The van der Waals surface area contributed by atoms with E-state index >= 15 is 0 Å². The molecule has 1 aliphatic rings. The predicted octanol–water partition coefficient (Wildman–Crippen LogP) is 2.53. The summed E-state index contributed by atoms with van der Waals surface area (Å²) in [5, 5.41) is 8.81. The van der Waals surface area contributed by atoms with Gasteiger partial charge in [-0.1, -0.05) is 24.3 Å². The number of carboxylic acid groups (broad SMARTS) is 1. The number of para-hydroxylation sites is 2. The smallest absolute Gasteiger partial charge is 0.307 e. The van der Waals surface area contributed by atoms with Crippen LogP contribution in [0.3, 0.4) is 0 Å². The van der Waals surface area contributed by atoms with Crippen molar-refractivity contribution in [3.8, 4) is 17.2 Å². The van der Waals surface area contributed by atoms with Crippen molar-refractivity contribution in [2.24, 2.45) is 0 Å². The highest BCUT2D eigenvalue weighted by Crippen LogP contribution is 2.31. The van der Waals surface area contributed by atoms with E-state index in [0.717, 1.165) is 5.75 Å². The lowest BCUT2D eigenvalue weighted by molar-refractivity contribution is -0.136. The van der Waals surface area contributed by atoms with Gasteiger partial charge in [0.05, 0.1) is 6.42 Å². The van der Waals surface area contributed by atoms with Gasteiger partial charge in [-0.3, -0.25) is 4.79 Å². The first-order valence-corrected chi connectivity index (χ1v) is 7.03. The van der Waals surface area contributed by atoms with Crippen LogP contribution in [0.25, 0.3) is 0 Å². The van der Waals surface area contributed by atoms with Gasteiger partial charge < -0.3 is 19.3 Å². The standard InChI is InChI=1S/C17H16O5/c18-17(19)9-12-4-3-5-13(8-12)20-10-14-11-21-15-6-1-2-7-16(15)22-14/h1-8,14H,9-11H2,(H,18,19). The van der Waals surface area contributed by atoms with E-state index in [9.17, 15) is 4.79 Å². The monoisotopic (exact) mass is 300 g/mol. The van der Waals surface area contributed by atoms with E-state index < -0.39 is 5.97 Å². The summed E-state index contributed by atoms with van der Waals surface area (Å²) in [5.41, 5.74) is 0.705. The Bertz CT molecular complexity index is 668. The lowest BCUT2D eigenvalue weighted by Gasteiger charge is -2.26. The maximum Gasteiger partial charge on any atom is 0.307 e. The largest absolute Gasteiger partial charge is 0.490 e. The Hall–Kier alpha value is -2.69. The second-order valence-electron chi connectivity index (χ2n) is 5.03. The van der Waals surface area contributed by atoms with Gasteiger partial charge in [0.25, 0.3) is 0 Å². The molecule has 1 unspecified atom stereocenters. The zero-order valence-corrected chi connectivity index (χ0v) is 11.9. The molecule has 0 amide bonds. The summed E-state index contributed by atoms with van der Waals surface area (Å²) in [6.07, 6.45) is -0.216. The summed E-state index contributed by atoms with van der Waals surface area (Å²) in [5.74, 6) is 1.21. The lowest BCUT2D eigenvalue weighted by atomic mass is 10.1. The minimum Gasteiger partial charge on any atom is -0.490 e. The average Bonchev–Trinajstić information content (AvgIpc) is 2.52. The Morgan fingerprint density at radius 2 is 2.00 bits per heavy atom. The van der Waals surface area contributed by atoms with E-state index in [1.807, 2.05) is 24.3 Å². The summed E-state index contributed by atoms with van der Waals surface area (Å²) in [4.78, 5) is 10.7. The van der Waals surface area contributed by atoms with Crippen LogP contribution in [0.4, 0.5) is 0 Å². The minimum atomic E-state index is -0.863. The molecular formula is C17H16O5. The molecule has 0 radical (unpaired) electrons. The number of fused-ring (bicyclic) bond motifs is 1. The van der Waals surface area contributed by atoms with Gasteiger partial charge in [-0.2, -0.15) is 0 Å². The molecule has 0 aliphatic carbocycles. The number of rotatable bonds is 5. The molecule has 0 saturated heterocycles. The van der Waals surface area contributed by atoms with Crippen LogP contribution in [0.5, 0.6) is 17.2 Å². The summed E-state index contributed by atoms with van der Waals surface area (Å²) in [6.45, 7) is 0.761. The van der Waals surface area contributed by atoms with Crippen LogP contribution in [-0.4, -0.2) is 30.4 Å². The van der Waals surface area contributed by atoms with E-state index in [1.165, 1.54) is 0 Å². The number of ether oxygens (including phenoxy) is 3. The fraction of sp³-hybridized carbons (Fsp3) is 0.235. The molecule has 0 fully saturated rings. The molecule has 2 aromatic carbocycles. The van der Waals surface area contributed by atoms with E-state index in [0.29, 0.717) is 30.3 Å². The van der Waals surface area contributed by atoms with Gasteiger partial charge in [-0.15, -0.1) is 0 Å². The molecule has 5 heteroatoms. The van der Waals surface area contributed by atoms with Gasteiger partial charge >= 0.3 is 5.97 Å². The SMILES string of the molecule is O=C(O)Cc1cccc(OCC2COc3ccccc3O2)c1. The Morgan fingerprint density at radius 1 is 1.18 bits per heavy atom. The molecule has 1 heterocycles. The Labute approximate surface area is 128 Å². The summed E-state index contributed by atoms with van der Waals surface area (Å²) < 4.78 is 17.1.